The molecule has 3 heteroatoms. The van der Waals surface area contributed by atoms with E-state index in [1.165, 1.54) is 0 Å². The molecular formula is C6H14N2O. The highest BCUT2D eigenvalue weighted by molar-refractivity contribution is 4.64. The van der Waals surface area contributed by atoms with Gasteiger partial charge in [-0.25, -0.2) is 0 Å². The fourth-order valence-electron chi connectivity index (χ4n) is 0.0680. The lowest BCUT2D eigenvalue weighted by Crippen LogP contribution is -2.76. The third kappa shape index (κ3) is 38.0. The summed E-state index contributed by atoms with van der Waals surface area (Å²) in [7, 11) is 0. The first-order chi connectivity index (χ1) is 4.33. The van der Waals surface area contributed by atoms with E-state index in [1.807, 2.05) is 0 Å². The molecular weight excluding hydrogens is 116 g/mol. The molecule has 9 heavy (non-hydrogen) atoms. The molecule has 0 aliphatic carbocycles. The van der Waals surface area contributed by atoms with Crippen molar-refractivity contribution < 1.29 is 5.48 Å². The molecule has 0 aliphatic heterocycles. The first-order valence-corrected chi connectivity index (χ1v) is 2.69. The molecule has 4 N–H and O–H groups in total. The fourth-order valence-corrected chi connectivity index (χ4v) is 0.0680. The molecule has 0 unspecified atom stereocenters. The Bertz CT molecular complexity index is 64.1. The summed E-state index contributed by atoms with van der Waals surface area (Å²) < 4.78 is 0. The van der Waals surface area contributed by atoms with Gasteiger partial charge in [-0.1, -0.05) is 12.7 Å². The maximum Gasteiger partial charge on any atom is 0.0937 e. The van der Waals surface area contributed by atoms with Crippen molar-refractivity contribution in [2.75, 3.05) is 13.1 Å². The SMILES string of the molecule is C=CCN.C=CC[NH2+][O-]. The molecule has 0 fully saturated rings. The van der Waals surface area contributed by atoms with Gasteiger partial charge in [0.1, 0.15) is 0 Å². The molecule has 0 radical (unpaired) electrons. The first kappa shape index (κ1) is 11.2. The quantitative estimate of drug-likeness (QED) is 0.394. The number of hydrogen-bond acceptors (Lipinski definition) is 2. The zero-order valence-electron chi connectivity index (χ0n) is 5.55. The Balaban J connectivity index is 0. The second-order valence-corrected chi connectivity index (χ2v) is 1.22. The molecule has 0 heterocycles. The van der Waals surface area contributed by atoms with Crippen molar-refractivity contribution in [3.05, 3.63) is 30.5 Å². The summed E-state index contributed by atoms with van der Waals surface area (Å²) in [6.45, 7) is 7.73. The Hall–Kier alpha value is -0.640. The van der Waals surface area contributed by atoms with Crippen molar-refractivity contribution in [3.8, 4) is 0 Å². The highest BCUT2D eigenvalue weighted by Gasteiger charge is 1.55. The minimum absolute atomic E-state index is 0.472. The smallest absolute Gasteiger partial charge is 0.0937 e. The van der Waals surface area contributed by atoms with Gasteiger partial charge in [-0.15, -0.1) is 6.58 Å². The average molecular weight is 130 g/mol. The molecule has 0 aromatic rings. The van der Waals surface area contributed by atoms with E-state index in [-0.39, 0.29) is 0 Å². The van der Waals surface area contributed by atoms with Crippen LogP contribution in [0.25, 0.3) is 0 Å². The Morgan fingerprint density at radius 3 is 1.89 bits per heavy atom. The molecule has 0 aliphatic rings. The van der Waals surface area contributed by atoms with Gasteiger partial charge < -0.3 is 16.4 Å². The van der Waals surface area contributed by atoms with Crippen LogP contribution in [0.4, 0.5) is 0 Å². The summed E-state index contributed by atoms with van der Waals surface area (Å²) in [6, 6.07) is 0. The second kappa shape index (κ2) is 15.7. The molecule has 0 aromatic heterocycles. The van der Waals surface area contributed by atoms with E-state index in [0.717, 1.165) is 5.48 Å². The van der Waals surface area contributed by atoms with Crippen molar-refractivity contribution in [2.45, 2.75) is 0 Å². The largest absolute Gasteiger partial charge is 0.636 e. The van der Waals surface area contributed by atoms with Crippen molar-refractivity contribution in [3.63, 3.8) is 0 Å². The van der Waals surface area contributed by atoms with E-state index in [0.29, 0.717) is 13.1 Å². The van der Waals surface area contributed by atoms with Crippen LogP contribution in [0.2, 0.25) is 0 Å². The highest BCUT2D eigenvalue weighted by Crippen LogP contribution is 1.40. The summed E-state index contributed by atoms with van der Waals surface area (Å²) >= 11 is 0. The van der Waals surface area contributed by atoms with Crippen molar-refractivity contribution in [1.82, 2.24) is 0 Å². The van der Waals surface area contributed by atoms with Crippen LogP contribution in [0.15, 0.2) is 25.3 Å². The van der Waals surface area contributed by atoms with Crippen LogP contribution in [-0.4, -0.2) is 13.1 Å². The number of rotatable bonds is 3. The lowest BCUT2D eigenvalue weighted by molar-refractivity contribution is -0.578. The van der Waals surface area contributed by atoms with Gasteiger partial charge in [0.05, 0.1) is 6.54 Å². The van der Waals surface area contributed by atoms with Gasteiger partial charge >= 0.3 is 0 Å². The summed E-state index contributed by atoms with van der Waals surface area (Å²) in [6.07, 6.45) is 3.22. The minimum Gasteiger partial charge on any atom is -0.636 e. The topological polar surface area (TPSA) is 65.7 Å². The average Bonchev–Trinajstić information content (AvgIpc) is 1.91. The van der Waals surface area contributed by atoms with Crippen LogP contribution in [0, 0.1) is 5.21 Å². The molecule has 0 saturated heterocycles. The minimum atomic E-state index is 0.472. The van der Waals surface area contributed by atoms with Crippen LogP contribution in [-0.2, 0) is 0 Å². The molecule has 0 bridgehead atoms. The Morgan fingerprint density at radius 2 is 1.89 bits per heavy atom. The first-order valence-electron chi connectivity index (χ1n) is 2.69. The number of nitrogens with two attached hydrogens (primary N) is 2. The molecule has 0 saturated carbocycles. The third-order valence-electron chi connectivity index (χ3n) is 0.430. The van der Waals surface area contributed by atoms with Gasteiger partial charge in [-0.05, 0) is 6.08 Å². The number of hydrogen-bond donors (Lipinski definition) is 2. The van der Waals surface area contributed by atoms with E-state index in [2.05, 4.69) is 13.2 Å². The molecule has 0 atom stereocenters. The normalized spacial score (nSPS) is 6.89. The van der Waals surface area contributed by atoms with Crippen LogP contribution in [0.5, 0.6) is 0 Å². The number of hydroxylamine groups is 1. The monoisotopic (exact) mass is 130 g/mol. The molecule has 0 rings (SSSR count). The van der Waals surface area contributed by atoms with Gasteiger partial charge in [0, 0.05) is 6.54 Å². The second-order valence-electron chi connectivity index (χ2n) is 1.22. The van der Waals surface area contributed by atoms with Gasteiger partial charge in [0.15, 0.2) is 0 Å². The summed E-state index contributed by atoms with van der Waals surface area (Å²) in [4.78, 5) is 0. The Morgan fingerprint density at radius 1 is 1.44 bits per heavy atom. The molecule has 54 valence electrons. The summed E-state index contributed by atoms with van der Waals surface area (Å²) in [5, 5.41) is 9.33. The molecule has 0 spiro atoms. The fraction of sp³-hybridized carbons (Fsp3) is 0.333. The van der Waals surface area contributed by atoms with E-state index in [9.17, 15) is 5.21 Å². The zero-order valence-corrected chi connectivity index (χ0v) is 5.55. The van der Waals surface area contributed by atoms with Gasteiger partial charge in [0.25, 0.3) is 0 Å². The summed E-state index contributed by atoms with van der Waals surface area (Å²) in [5.41, 5.74) is 5.72. The van der Waals surface area contributed by atoms with E-state index >= 15 is 0 Å². The van der Waals surface area contributed by atoms with Crippen LogP contribution < -0.4 is 11.2 Å². The van der Waals surface area contributed by atoms with Crippen LogP contribution in [0.3, 0.4) is 0 Å². The van der Waals surface area contributed by atoms with E-state index in [4.69, 9.17) is 5.73 Å². The van der Waals surface area contributed by atoms with Crippen LogP contribution >= 0.6 is 0 Å². The molecule has 0 aromatic carbocycles. The number of quaternary nitrogens is 1. The van der Waals surface area contributed by atoms with Gasteiger partial charge in [-0.3, -0.25) is 0 Å². The standard InChI is InChI=1S/C3H7NO.C3H7N/c1-2-3-4-5;1-2-3-4/h2H,1,3-4H2;2H,1,3-4H2. The van der Waals surface area contributed by atoms with E-state index < -0.39 is 0 Å². The predicted octanol–water partition coefficient (Wildman–Crippen LogP) is -0.635. The molecule has 0 amide bonds. The van der Waals surface area contributed by atoms with Crippen LogP contribution in [0.1, 0.15) is 0 Å². The van der Waals surface area contributed by atoms with Crippen molar-refractivity contribution in [2.24, 2.45) is 5.73 Å². The predicted molar refractivity (Wildman–Crippen MR) is 39.6 cm³/mol. The Labute approximate surface area is 55.8 Å². The maximum atomic E-state index is 9.33. The Kier molecular flexibility index (Phi) is 19.5. The van der Waals surface area contributed by atoms with Gasteiger partial charge in [0.2, 0.25) is 0 Å². The zero-order chi connectivity index (χ0) is 7.54. The molecule has 3 nitrogen and oxygen atoms in total. The van der Waals surface area contributed by atoms with Crippen molar-refractivity contribution >= 4 is 0 Å². The highest BCUT2D eigenvalue weighted by atomic mass is 16.5. The van der Waals surface area contributed by atoms with E-state index in [1.54, 1.807) is 12.2 Å². The van der Waals surface area contributed by atoms with Crippen molar-refractivity contribution in [1.29, 1.82) is 0 Å². The maximum absolute atomic E-state index is 9.33. The lowest BCUT2D eigenvalue weighted by atomic mass is 10.7. The third-order valence-corrected chi connectivity index (χ3v) is 0.430. The summed E-state index contributed by atoms with van der Waals surface area (Å²) in [5.74, 6) is 0. The lowest BCUT2D eigenvalue weighted by Gasteiger charge is -1.90. The van der Waals surface area contributed by atoms with Gasteiger partial charge in [-0.2, -0.15) is 0 Å².